The van der Waals surface area contributed by atoms with Crippen LogP contribution in [0.3, 0.4) is 0 Å². The second-order valence-corrected chi connectivity index (χ2v) is 7.28. The summed E-state index contributed by atoms with van der Waals surface area (Å²) in [6, 6.07) is 12.1. The van der Waals surface area contributed by atoms with Gasteiger partial charge in [0, 0.05) is 17.5 Å². The Kier molecular flexibility index (Phi) is 4.51. The molecule has 0 saturated carbocycles. The van der Waals surface area contributed by atoms with E-state index in [0.29, 0.717) is 53.0 Å². The number of furan rings is 1. The normalized spacial score (nSPS) is 19.8. The Morgan fingerprint density at radius 2 is 2.04 bits per heavy atom. The van der Waals surface area contributed by atoms with Gasteiger partial charge in [-0.1, -0.05) is 18.2 Å². The molecule has 0 unspecified atom stereocenters. The number of aliphatic hydroxyl groups is 1. The number of para-hydroxylation sites is 1. The van der Waals surface area contributed by atoms with E-state index in [-0.39, 0.29) is 18.2 Å². The summed E-state index contributed by atoms with van der Waals surface area (Å²) in [5, 5.41) is 21.8. The van der Waals surface area contributed by atoms with Gasteiger partial charge in [-0.2, -0.15) is 0 Å². The summed E-state index contributed by atoms with van der Waals surface area (Å²) in [6.07, 6.45) is 1.21. The highest BCUT2D eigenvalue weighted by atomic mass is 16.5. The van der Waals surface area contributed by atoms with Crippen LogP contribution in [0.25, 0.3) is 11.0 Å². The second-order valence-electron chi connectivity index (χ2n) is 7.28. The molecule has 3 aromatic rings. The van der Waals surface area contributed by atoms with E-state index < -0.39 is 5.60 Å². The predicted molar refractivity (Wildman–Crippen MR) is 105 cm³/mol. The minimum absolute atomic E-state index is 0.0755. The van der Waals surface area contributed by atoms with Gasteiger partial charge in [0.25, 0.3) is 5.91 Å². The molecule has 0 spiro atoms. The van der Waals surface area contributed by atoms with E-state index in [4.69, 9.17) is 9.15 Å². The lowest BCUT2D eigenvalue weighted by molar-refractivity contribution is -0.0303. The van der Waals surface area contributed by atoms with Crippen LogP contribution in [0.1, 0.15) is 34.5 Å². The molecule has 146 valence electrons. The van der Waals surface area contributed by atoms with E-state index in [1.54, 1.807) is 25.0 Å². The molecule has 6 heteroatoms. The van der Waals surface area contributed by atoms with Gasteiger partial charge in [0.2, 0.25) is 0 Å². The number of methoxy groups -OCH3 is 1. The van der Waals surface area contributed by atoms with Gasteiger partial charge in [0.05, 0.1) is 19.2 Å². The number of aromatic hydroxyl groups is 1. The van der Waals surface area contributed by atoms with Crippen molar-refractivity contribution in [1.82, 2.24) is 4.90 Å². The maximum absolute atomic E-state index is 13.3. The summed E-state index contributed by atoms with van der Waals surface area (Å²) in [4.78, 5) is 15.0. The van der Waals surface area contributed by atoms with Crippen LogP contribution in [-0.2, 0) is 5.60 Å². The molecule has 1 saturated heterocycles. The molecule has 4 rings (SSSR count). The lowest BCUT2D eigenvalue weighted by Crippen LogP contribution is -2.48. The van der Waals surface area contributed by atoms with Crippen molar-refractivity contribution in [3.8, 4) is 11.5 Å². The lowest BCUT2D eigenvalue weighted by atomic mass is 9.85. The highest BCUT2D eigenvalue weighted by molar-refractivity contribution is 6.07. The Morgan fingerprint density at radius 1 is 1.25 bits per heavy atom. The van der Waals surface area contributed by atoms with Gasteiger partial charge >= 0.3 is 0 Å². The van der Waals surface area contributed by atoms with Crippen LogP contribution in [0.2, 0.25) is 0 Å². The first-order valence-electron chi connectivity index (χ1n) is 9.30. The van der Waals surface area contributed by atoms with Crippen LogP contribution >= 0.6 is 0 Å². The zero-order chi connectivity index (χ0) is 19.9. The summed E-state index contributed by atoms with van der Waals surface area (Å²) in [5.41, 5.74) is 0.475. The van der Waals surface area contributed by atoms with E-state index in [2.05, 4.69) is 0 Å². The summed E-state index contributed by atoms with van der Waals surface area (Å²) < 4.78 is 11.1. The zero-order valence-corrected chi connectivity index (χ0v) is 15.9. The molecule has 1 aliphatic rings. The van der Waals surface area contributed by atoms with Crippen molar-refractivity contribution in [3.05, 3.63) is 59.4 Å². The van der Waals surface area contributed by atoms with E-state index in [1.807, 2.05) is 24.3 Å². The number of likely N-dealkylation sites (tertiary alicyclic amines) is 1. The second kappa shape index (κ2) is 6.87. The van der Waals surface area contributed by atoms with Crippen molar-refractivity contribution in [3.63, 3.8) is 0 Å². The van der Waals surface area contributed by atoms with Gasteiger partial charge in [0.1, 0.15) is 28.4 Å². The first-order chi connectivity index (χ1) is 13.4. The van der Waals surface area contributed by atoms with Crippen LogP contribution in [0.15, 0.2) is 46.9 Å². The smallest absolute Gasteiger partial charge is 0.258 e. The lowest BCUT2D eigenvalue weighted by Gasteiger charge is -2.40. The van der Waals surface area contributed by atoms with Gasteiger partial charge < -0.3 is 24.3 Å². The molecule has 0 radical (unpaired) electrons. The molecule has 2 aromatic carbocycles. The minimum atomic E-state index is -1.18. The molecule has 0 aliphatic carbocycles. The number of carbonyl (C=O) groups excluding carboxylic acids is 1. The summed E-state index contributed by atoms with van der Waals surface area (Å²) >= 11 is 0. The molecule has 2 N–H and O–H groups in total. The Morgan fingerprint density at radius 3 is 2.82 bits per heavy atom. The standard InChI is InChI=1S/C22H23NO5/c1-14-20(16-12-15(24)8-9-18(16)28-14)21(25)23-11-5-10-22(26,13-23)17-6-3-4-7-19(17)27-2/h3-4,6-9,12,24,26H,5,10-11,13H2,1-2H3/t22-/m0/s1. The number of β-amino-alcohol motifs (C(OH)–C–C–N with tert-alkyl or cyclic N) is 1. The highest BCUT2D eigenvalue weighted by Gasteiger charge is 2.39. The third kappa shape index (κ3) is 2.99. The third-order valence-electron chi connectivity index (χ3n) is 5.43. The molecule has 1 atom stereocenters. The Labute approximate surface area is 163 Å². The molecular weight excluding hydrogens is 358 g/mol. The molecule has 1 fully saturated rings. The quantitative estimate of drug-likeness (QED) is 0.725. The molecular formula is C22H23NO5. The van der Waals surface area contributed by atoms with Crippen LogP contribution in [-0.4, -0.2) is 41.2 Å². The number of aryl methyl sites for hydroxylation is 1. The van der Waals surface area contributed by atoms with E-state index in [9.17, 15) is 15.0 Å². The van der Waals surface area contributed by atoms with Crippen LogP contribution < -0.4 is 4.74 Å². The van der Waals surface area contributed by atoms with Gasteiger partial charge in [-0.05, 0) is 44.0 Å². The number of ether oxygens (including phenoxy) is 1. The number of hydrogen-bond acceptors (Lipinski definition) is 5. The molecule has 0 bridgehead atoms. The fourth-order valence-electron chi connectivity index (χ4n) is 4.09. The maximum atomic E-state index is 13.3. The largest absolute Gasteiger partial charge is 0.508 e. The number of carbonyl (C=O) groups is 1. The molecule has 1 amide bonds. The summed E-state index contributed by atoms with van der Waals surface area (Å²) in [5.74, 6) is 0.965. The Balaban J connectivity index is 1.70. The fourth-order valence-corrected chi connectivity index (χ4v) is 4.09. The number of benzene rings is 2. The SMILES string of the molecule is COc1ccccc1[C@]1(O)CCCN(C(=O)c2c(C)oc3ccc(O)cc23)C1. The van der Waals surface area contributed by atoms with Crippen molar-refractivity contribution in [2.24, 2.45) is 0 Å². The van der Waals surface area contributed by atoms with Crippen molar-refractivity contribution in [2.75, 3.05) is 20.2 Å². The number of amides is 1. The number of piperidine rings is 1. The minimum Gasteiger partial charge on any atom is -0.508 e. The molecule has 1 aromatic heterocycles. The molecule has 6 nitrogen and oxygen atoms in total. The average Bonchev–Trinajstić information content (AvgIpc) is 3.02. The van der Waals surface area contributed by atoms with E-state index in [1.165, 1.54) is 12.1 Å². The number of phenolic OH excluding ortho intramolecular Hbond substituents is 1. The summed E-state index contributed by atoms with van der Waals surface area (Å²) in [6.45, 7) is 2.44. The van der Waals surface area contributed by atoms with Gasteiger partial charge in [-0.3, -0.25) is 4.79 Å². The van der Waals surface area contributed by atoms with Crippen molar-refractivity contribution in [2.45, 2.75) is 25.4 Å². The first kappa shape index (κ1) is 18.4. The number of phenols is 1. The van der Waals surface area contributed by atoms with Crippen LogP contribution in [0.5, 0.6) is 11.5 Å². The van der Waals surface area contributed by atoms with Gasteiger partial charge in [-0.15, -0.1) is 0 Å². The van der Waals surface area contributed by atoms with Gasteiger partial charge in [-0.25, -0.2) is 0 Å². The molecule has 2 heterocycles. The van der Waals surface area contributed by atoms with Crippen molar-refractivity contribution < 1.29 is 24.2 Å². The number of hydrogen-bond donors (Lipinski definition) is 2. The fraction of sp³-hybridized carbons (Fsp3) is 0.318. The number of nitrogens with zero attached hydrogens (tertiary/aromatic N) is 1. The molecule has 28 heavy (non-hydrogen) atoms. The van der Waals surface area contributed by atoms with Crippen molar-refractivity contribution in [1.29, 1.82) is 0 Å². The Hall–Kier alpha value is -2.99. The average molecular weight is 381 g/mol. The van der Waals surface area contributed by atoms with E-state index in [0.717, 1.165) is 0 Å². The third-order valence-corrected chi connectivity index (χ3v) is 5.43. The summed E-state index contributed by atoms with van der Waals surface area (Å²) in [7, 11) is 1.57. The zero-order valence-electron chi connectivity index (χ0n) is 15.9. The van der Waals surface area contributed by atoms with Crippen LogP contribution in [0.4, 0.5) is 0 Å². The molecule has 1 aliphatic heterocycles. The van der Waals surface area contributed by atoms with Crippen LogP contribution in [0, 0.1) is 6.92 Å². The van der Waals surface area contributed by atoms with Crippen molar-refractivity contribution >= 4 is 16.9 Å². The van der Waals surface area contributed by atoms with E-state index >= 15 is 0 Å². The highest BCUT2D eigenvalue weighted by Crippen LogP contribution is 2.38. The topological polar surface area (TPSA) is 83.1 Å². The maximum Gasteiger partial charge on any atom is 0.258 e. The first-order valence-corrected chi connectivity index (χ1v) is 9.30. The number of fused-ring (bicyclic) bond motifs is 1. The Bertz CT molecular complexity index is 1040. The monoisotopic (exact) mass is 381 g/mol. The van der Waals surface area contributed by atoms with Gasteiger partial charge in [0.15, 0.2) is 0 Å². The predicted octanol–water partition coefficient (Wildman–Crippen LogP) is 3.58. The number of rotatable bonds is 3.